The standard InChI is InChI=1S/C29H50N4O10/c1-14-12-28(6,40-10)25(43-27-23(36)19(33(8)9)11-15(2)41-27)17(4)22(35)18(5)26(38)42-20(13-31-32-30)29(7,39)24(37)16(3)21(14)34/h14-20,23-25,27,36-37,39H,11-13H2,1-10H3/t14-,15-,16+,17+,18-,19+,20-,23-,24-,25-,27+,28-,29-/m1/s1. The molecule has 0 aliphatic carbocycles. The third kappa shape index (κ3) is 8.12. The van der Waals surface area contributed by atoms with Crippen LogP contribution in [-0.2, 0) is 33.3 Å². The molecule has 13 atom stereocenters. The highest BCUT2D eigenvalue weighted by Crippen LogP contribution is 2.38. The molecule has 246 valence electrons. The molecule has 2 aliphatic rings. The Morgan fingerprint density at radius 3 is 2.21 bits per heavy atom. The van der Waals surface area contributed by atoms with E-state index >= 15 is 0 Å². The van der Waals surface area contributed by atoms with Gasteiger partial charge in [-0.25, -0.2) is 0 Å². The molecule has 0 aromatic rings. The summed E-state index contributed by atoms with van der Waals surface area (Å²) in [5.74, 6) is -6.34. The molecule has 0 saturated carbocycles. The molecule has 14 heteroatoms. The van der Waals surface area contributed by atoms with Crippen molar-refractivity contribution in [3.63, 3.8) is 0 Å². The van der Waals surface area contributed by atoms with Gasteiger partial charge < -0.3 is 39.2 Å². The Hall–Kier alpha value is -2.16. The number of carbonyl (C=O) groups excluding carboxylic acids is 3. The Kier molecular flexibility index (Phi) is 12.7. The van der Waals surface area contributed by atoms with Gasteiger partial charge in [-0.15, -0.1) is 0 Å². The Morgan fingerprint density at radius 1 is 1.07 bits per heavy atom. The molecule has 2 fully saturated rings. The van der Waals surface area contributed by atoms with Crippen molar-refractivity contribution in [1.29, 1.82) is 0 Å². The monoisotopic (exact) mass is 614 g/mol. The van der Waals surface area contributed by atoms with E-state index in [2.05, 4.69) is 10.0 Å². The topological polar surface area (TPSA) is 201 Å². The summed E-state index contributed by atoms with van der Waals surface area (Å²) in [4.78, 5) is 45.2. The van der Waals surface area contributed by atoms with E-state index in [1.54, 1.807) is 20.8 Å². The summed E-state index contributed by atoms with van der Waals surface area (Å²) in [5.41, 5.74) is 5.34. The first-order valence-corrected chi connectivity index (χ1v) is 14.7. The maximum absolute atomic E-state index is 13.8. The summed E-state index contributed by atoms with van der Waals surface area (Å²) in [7, 11) is 5.08. The van der Waals surface area contributed by atoms with Crippen molar-refractivity contribution in [3.8, 4) is 0 Å². The van der Waals surface area contributed by atoms with Crippen molar-refractivity contribution in [1.82, 2.24) is 4.90 Å². The Bertz CT molecular complexity index is 1050. The Morgan fingerprint density at radius 2 is 1.67 bits per heavy atom. The van der Waals surface area contributed by atoms with Crippen molar-refractivity contribution in [2.24, 2.45) is 28.8 Å². The van der Waals surface area contributed by atoms with Gasteiger partial charge in [-0.1, -0.05) is 25.9 Å². The minimum Gasteiger partial charge on any atom is -0.459 e. The number of aliphatic hydroxyl groups is 3. The second-order valence-electron chi connectivity index (χ2n) is 12.9. The number of likely N-dealkylation sites (N-methyl/N-ethyl adjacent to an activating group) is 1. The van der Waals surface area contributed by atoms with Gasteiger partial charge in [-0.3, -0.25) is 14.4 Å². The van der Waals surface area contributed by atoms with Crippen molar-refractivity contribution < 1.29 is 48.7 Å². The van der Waals surface area contributed by atoms with Gasteiger partial charge in [0.25, 0.3) is 0 Å². The lowest BCUT2D eigenvalue weighted by Gasteiger charge is -2.47. The molecule has 2 heterocycles. The number of rotatable bonds is 6. The van der Waals surface area contributed by atoms with Gasteiger partial charge in [-0.05, 0) is 60.2 Å². The highest BCUT2D eigenvalue weighted by molar-refractivity contribution is 6.00. The lowest BCUT2D eigenvalue weighted by Crippen LogP contribution is -2.60. The number of hydrogen-bond acceptors (Lipinski definition) is 12. The van der Waals surface area contributed by atoms with Crippen LogP contribution in [0.2, 0.25) is 0 Å². The number of carbonyl (C=O) groups is 3. The van der Waals surface area contributed by atoms with E-state index in [-0.39, 0.29) is 18.6 Å². The number of azide groups is 1. The maximum atomic E-state index is 13.8. The number of ether oxygens (including phenoxy) is 4. The van der Waals surface area contributed by atoms with Crippen LogP contribution < -0.4 is 0 Å². The van der Waals surface area contributed by atoms with Gasteiger partial charge in [0.15, 0.2) is 12.1 Å². The van der Waals surface area contributed by atoms with Gasteiger partial charge in [0, 0.05) is 35.8 Å². The smallest absolute Gasteiger partial charge is 0.316 e. The molecule has 43 heavy (non-hydrogen) atoms. The second-order valence-corrected chi connectivity index (χ2v) is 12.9. The summed E-state index contributed by atoms with van der Waals surface area (Å²) < 4.78 is 23.8. The second kappa shape index (κ2) is 14.7. The average molecular weight is 615 g/mol. The van der Waals surface area contributed by atoms with E-state index in [9.17, 15) is 29.7 Å². The van der Waals surface area contributed by atoms with Crippen LogP contribution in [0.1, 0.15) is 61.3 Å². The van der Waals surface area contributed by atoms with E-state index in [4.69, 9.17) is 24.5 Å². The number of Topliss-reactive ketones (excluding diaryl/α,β-unsaturated/α-hetero) is 2. The van der Waals surface area contributed by atoms with Crippen LogP contribution in [0.15, 0.2) is 5.11 Å². The Balaban J connectivity index is 2.64. The predicted molar refractivity (Wildman–Crippen MR) is 155 cm³/mol. The summed E-state index contributed by atoms with van der Waals surface area (Å²) in [5, 5.41) is 37.0. The van der Waals surface area contributed by atoms with E-state index in [1.807, 2.05) is 25.9 Å². The number of hydrogen-bond donors (Lipinski definition) is 3. The zero-order valence-corrected chi connectivity index (χ0v) is 27.0. The number of nitrogens with zero attached hydrogens (tertiary/aromatic N) is 4. The molecular formula is C29H50N4O10. The molecule has 0 amide bonds. The van der Waals surface area contributed by atoms with Crippen molar-refractivity contribution in [3.05, 3.63) is 10.4 Å². The van der Waals surface area contributed by atoms with Crippen LogP contribution in [0.5, 0.6) is 0 Å². The van der Waals surface area contributed by atoms with E-state index in [0.717, 1.165) is 0 Å². The molecule has 0 bridgehead atoms. The van der Waals surface area contributed by atoms with Crippen molar-refractivity contribution in [2.75, 3.05) is 27.7 Å². The number of esters is 1. The fourth-order valence-electron chi connectivity index (χ4n) is 6.27. The van der Waals surface area contributed by atoms with E-state index in [1.165, 1.54) is 27.9 Å². The molecule has 14 nitrogen and oxygen atoms in total. The minimum absolute atomic E-state index is 0.0281. The highest BCUT2D eigenvalue weighted by Gasteiger charge is 2.52. The zero-order valence-electron chi connectivity index (χ0n) is 27.0. The highest BCUT2D eigenvalue weighted by atomic mass is 16.7. The summed E-state index contributed by atoms with van der Waals surface area (Å²) >= 11 is 0. The largest absolute Gasteiger partial charge is 0.459 e. The van der Waals surface area contributed by atoms with E-state index in [0.29, 0.717) is 6.42 Å². The van der Waals surface area contributed by atoms with Crippen LogP contribution >= 0.6 is 0 Å². The number of cyclic esters (lactones) is 1. The third-order valence-corrected chi connectivity index (χ3v) is 9.25. The zero-order chi connectivity index (χ0) is 33.0. The van der Waals surface area contributed by atoms with Crippen LogP contribution in [0.25, 0.3) is 10.4 Å². The first-order chi connectivity index (χ1) is 19.8. The predicted octanol–water partition coefficient (Wildman–Crippen LogP) is 1.62. The van der Waals surface area contributed by atoms with E-state index < -0.39 is 89.7 Å². The van der Waals surface area contributed by atoms with Gasteiger partial charge in [0.1, 0.15) is 29.5 Å². The fraction of sp³-hybridized carbons (Fsp3) is 0.897. The lowest BCUT2D eigenvalue weighted by molar-refractivity contribution is -0.295. The molecule has 2 rings (SSSR count). The molecule has 3 N–H and O–H groups in total. The van der Waals surface area contributed by atoms with Crippen LogP contribution in [-0.4, -0.2) is 120 Å². The molecule has 0 unspecified atom stereocenters. The summed E-state index contributed by atoms with van der Waals surface area (Å²) in [6.07, 6.45) is -6.32. The van der Waals surface area contributed by atoms with Crippen molar-refractivity contribution >= 4 is 17.5 Å². The first kappa shape index (κ1) is 37.0. The number of aliphatic hydroxyl groups excluding tert-OH is 2. The average Bonchev–Trinajstić information content (AvgIpc) is 2.95. The lowest BCUT2D eigenvalue weighted by atomic mass is 9.74. The first-order valence-electron chi connectivity index (χ1n) is 14.7. The minimum atomic E-state index is -2.21. The van der Waals surface area contributed by atoms with Crippen molar-refractivity contribution in [2.45, 2.75) is 115 Å². The van der Waals surface area contributed by atoms with Gasteiger partial charge in [0.2, 0.25) is 0 Å². The molecule has 0 aromatic heterocycles. The molecule has 0 spiro atoms. The summed E-state index contributed by atoms with van der Waals surface area (Å²) in [6, 6.07) is -0.301. The fourth-order valence-corrected chi connectivity index (χ4v) is 6.27. The molecule has 2 aliphatic heterocycles. The van der Waals surface area contributed by atoms with Gasteiger partial charge in [0.05, 0.1) is 30.5 Å². The molecular weight excluding hydrogens is 564 g/mol. The number of methoxy groups -OCH3 is 1. The normalized spacial score (nSPS) is 44.0. The number of ketones is 2. The van der Waals surface area contributed by atoms with Crippen LogP contribution in [0, 0.1) is 23.7 Å². The van der Waals surface area contributed by atoms with Crippen LogP contribution in [0.3, 0.4) is 0 Å². The maximum Gasteiger partial charge on any atom is 0.316 e. The summed E-state index contributed by atoms with van der Waals surface area (Å²) in [6.45, 7) is 10.1. The van der Waals surface area contributed by atoms with Gasteiger partial charge in [-0.2, -0.15) is 0 Å². The Labute approximate surface area is 253 Å². The molecule has 2 saturated heterocycles. The van der Waals surface area contributed by atoms with Crippen LogP contribution in [0.4, 0.5) is 0 Å². The van der Waals surface area contributed by atoms with Gasteiger partial charge >= 0.3 is 5.97 Å². The molecule has 0 aromatic carbocycles. The third-order valence-electron chi connectivity index (χ3n) is 9.25. The quantitative estimate of drug-likeness (QED) is 0.129. The SMILES string of the molecule is CO[C@]1(C)C[C@@H](C)C(=O)[C@H](C)[C@@H](O)[C@](C)(O)[C@@H](CN=[N+]=[N-])OC(=O)[C@H](C)C(=O)[C@H](C)[C@H]1O[C@@H]1O[C@H](C)C[C@H](N(C)C)[C@H]1O. The molecule has 0 radical (unpaired) electrons.